The molecule has 4 nitrogen and oxygen atoms in total. The summed E-state index contributed by atoms with van der Waals surface area (Å²) in [7, 11) is -3.14. The molecular formula is C10H17BrN2O2S. The molecule has 0 amide bonds. The molecule has 0 N–H and O–H groups in total. The number of nitrogens with zero attached hydrogens (tertiary/aromatic N) is 2. The van der Waals surface area contributed by atoms with Crippen molar-refractivity contribution < 1.29 is 8.42 Å². The van der Waals surface area contributed by atoms with Gasteiger partial charge in [-0.3, -0.25) is 4.68 Å². The monoisotopic (exact) mass is 308 g/mol. The molecule has 16 heavy (non-hydrogen) atoms. The summed E-state index contributed by atoms with van der Waals surface area (Å²) in [6.07, 6.45) is 4.19. The van der Waals surface area contributed by atoms with Crippen molar-refractivity contribution in [2.45, 2.75) is 25.3 Å². The van der Waals surface area contributed by atoms with Crippen LogP contribution < -0.4 is 0 Å². The fourth-order valence-electron chi connectivity index (χ4n) is 1.31. The topological polar surface area (TPSA) is 52.0 Å². The summed E-state index contributed by atoms with van der Waals surface area (Å²) in [5, 5.41) is 4.96. The second-order valence-electron chi connectivity index (χ2n) is 4.33. The van der Waals surface area contributed by atoms with Crippen molar-refractivity contribution in [1.29, 1.82) is 0 Å². The van der Waals surface area contributed by atoms with Crippen LogP contribution in [0.4, 0.5) is 0 Å². The lowest BCUT2D eigenvalue weighted by molar-refractivity contribution is 0.356. The van der Waals surface area contributed by atoms with Gasteiger partial charge in [-0.1, -0.05) is 29.8 Å². The standard InChI is InChI=1S/C10H17BrN2O2S/c1-8(2)9(4-11)6-13-7-10(5-12-13)16(3,14)15/h5,7-9H,4,6H2,1-3H3. The van der Waals surface area contributed by atoms with Crippen LogP contribution in [-0.2, 0) is 16.4 Å². The van der Waals surface area contributed by atoms with E-state index >= 15 is 0 Å². The van der Waals surface area contributed by atoms with E-state index in [1.54, 1.807) is 10.9 Å². The van der Waals surface area contributed by atoms with Crippen molar-refractivity contribution in [2.24, 2.45) is 11.8 Å². The Kier molecular flexibility index (Phi) is 4.55. The Morgan fingerprint density at radius 1 is 1.50 bits per heavy atom. The summed E-state index contributed by atoms with van der Waals surface area (Å²) in [4.78, 5) is 0.282. The smallest absolute Gasteiger partial charge is 0.178 e. The van der Waals surface area contributed by atoms with Crippen LogP contribution in [0.3, 0.4) is 0 Å². The minimum Gasteiger partial charge on any atom is -0.271 e. The Morgan fingerprint density at radius 3 is 2.50 bits per heavy atom. The first kappa shape index (κ1) is 13.7. The Hall–Kier alpha value is -0.360. The van der Waals surface area contributed by atoms with Crippen LogP contribution in [-0.4, -0.2) is 29.8 Å². The fourth-order valence-corrected chi connectivity index (χ4v) is 2.82. The largest absolute Gasteiger partial charge is 0.271 e. The van der Waals surface area contributed by atoms with Crippen LogP contribution in [0.2, 0.25) is 0 Å². The van der Waals surface area contributed by atoms with Gasteiger partial charge in [0.05, 0.1) is 6.20 Å². The number of aromatic nitrogens is 2. The van der Waals surface area contributed by atoms with Crippen molar-refractivity contribution in [2.75, 3.05) is 11.6 Å². The molecule has 0 fully saturated rings. The van der Waals surface area contributed by atoms with Crippen LogP contribution in [0.1, 0.15) is 13.8 Å². The molecule has 0 bridgehead atoms. The second-order valence-corrected chi connectivity index (χ2v) is 6.99. The molecule has 0 aromatic carbocycles. The molecule has 1 heterocycles. The summed E-state index contributed by atoms with van der Waals surface area (Å²) in [5.74, 6) is 0.984. The van der Waals surface area contributed by atoms with E-state index in [4.69, 9.17) is 0 Å². The molecule has 92 valence electrons. The molecule has 6 heteroatoms. The predicted octanol–water partition coefficient (Wildman–Crippen LogP) is 1.95. The predicted molar refractivity (Wildman–Crippen MR) is 67.5 cm³/mol. The number of rotatable bonds is 5. The summed E-state index contributed by atoms with van der Waals surface area (Å²) in [6.45, 7) is 5.03. The summed E-state index contributed by atoms with van der Waals surface area (Å²) in [6, 6.07) is 0. The van der Waals surface area contributed by atoms with Gasteiger partial charge in [-0.25, -0.2) is 8.42 Å². The minimum absolute atomic E-state index is 0.282. The Bertz CT molecular complexity index is 439. The highest BCUT2D eigenvalue weighted by molar-refractivity contribution is 9.09. The number of hydrogen-bond donors (Lipinski definition) is 0. The van der Waals surface area contributed by atoms with E-state index in [1.807, 2.05) is 0 Å². The quantitative estimate of drug-likeness (QED) is 0.781. The highest BCUT2D eigenvalue weighted by Crippen LogP contribution is 2.16. The third-order valence-electron chi connectivity index (χ3n) is 2.60. The molecule has 0 radical (unpaired) electrons. The number of halogens is 1. The van der Waals surface area contributed by atoms with Gasteiger partial charge in [0.15, 0.2) is 9.84 Å². The summed E-state index contributed by atoms with van der Waals surface area (Å²) < 4.78 is 24.2. The van der Waals surface area contributed by atoms with Gasteiger partial charge in [-0.15, -0.1) is 0 Å². The first-order valence-electron chi connectivity index (χ1n) is 5.13. The van der Waals surface area contributed by atoms with Gasteiger partial charge < -0.3 is 0 Å². The highest BCUT2D eigenvalue weighted by Gasteiger charge is 2.15. The second kappa shape index (κ2) is 5.31. The molecule has 0 aliphatic heterocycles. The van der Waals surface area contributed by atoms with Crippen molar-refractivity contribution in [3.63, 3.8) is 0 Å². The van der Waals surface area contributed by atoms with Crippen LogP contribution in [0.5, 0.6) is 0 Å². The maximum absolute atomic E-state index is 11.3. The van der Waals surface area contributed by atoms with E-state index in [9.17, 15) is 8.42 Å². The first-order chi connectivity index (χ1) is 7.34. The zero-order valence-electron chi connectivity index (χ0n) is 9.72. The normalized spacial score (nSPS) is 14.3. The van der Waals surface area contributed by atoms with Crippen LogP contribution in [0.25, 0.3) is 0 Å². The molecule has 1 aromatic heterocycles. The summed E-state index contributed by atoms with van der Waals surface area (Å²) >= 11 is 3.46. The van der Waals surface area contributed by atoms with Crippen LogP contribution in [0, 0.1) is 11.8 Å². The van der Waals surface area contributed by atoms with E-state index in [0.717, 1.165) is 11.9 Å². The maximum Gasteiger partial charge on any atom is 0.178 e. The van der Waals surface area contributed by atoms with E-state index in [0.29, 0.717) is 11.8 Å². The lowest BCUT2D eigenvalue weighted by Gasteiger charge is -2.17. The van der Waals surface area contributed by atoms with Crippen molar-refractivity contribution >= 4 is 25.8 Å². The molecule has 0 spiro atoms. The van der Waals surface area contributed by atoms with Gasteiger partial charge in [0, 0.05) is 24.3 Å². The molecule has 0 saturated carbocycles. The molecule has 0 aliphatic carbocycles. The van der Waals surface area contributed by atoms with Crippen molar-refractivity contribution in [3.8, 4) is 0 Å². The average molecular weight is 309 g/mol. The molecule has 1 atom stereocenters. The molecule has 0 saturated heterocycles. The third kappa shape index (κ3) is 3.59. The minimum atomic E-state index is -3.14. The number of hydrogen-bond acceptors (Lipinski definition) is 3. The molecule has 1 rings (SSSR count). The SMILES string of the molecule is CC(C)C(CBr)Cn1cc(S(C)(=O)=O)cn1. The van der Waals surface area contributed by atoms with Gasteiger partial charge in [0.1, 0.15) is 4.90 Å². The van der Waals surface area contributed by atoms with E-state index in [-0.39, 0.29) is 4.90 Å². The van der Waals surface area contributed by atoms with Crippen molar-refractivity contribution in [3.05, 3.63) is 12.4 Å². The third-order valence-corrected chi connectivity index (χ3v) is 4.50. The maximum atomic E-state index is 11.3. The first-order valence-corrected chi connectivity index (χ1v) is 8.14. The van der Waals surface area contributed by atoms with Crippen LogP contribution in [0.15, 0.2) is 17.3 Å². The Morgan fingerprint density at radius 2 is 2.12 bits per heavy atom. The van der Waals surface area contributed by atoms with Crippen LogP contribution >= 0.6 is 15.9 Å². The molecule has 0 aliphatic rings. The Balaban J connectivity index is 2.80. The van der Waals surface area contributed by atoms with Gasteiger partial charge in [-0.05, 0) is 11.8 Å². The highest BCUT2D eigenvalue weighted by atomic mass is 79.9. The van der Waals surface area contributed by atoms with Gasteiger partial charge >= 0.3 is 0 Å². The number of alkyl halides is 1. The van der Waals surface area contributed by atoms with Gasteiger partial charge in [-0.2, -0.15) is 5.10 Å². The van der Waals surface area contributed by atoms with E-state index in [2.05, 4.69) is 34.9 Å². The zero-order chi connectivity index (χ0) is 12.3. The average Bonchev–Trinajstić information content (AvgIpc) is 2.61. The molecule has 1 aromatic rings. The Labute approximate surface area is 105 Å². The van der Waals surface area contributed by atoms with Crippen molar-refractivity contribution in [1.82, 2.24) is 9.78 Å². The fraction of sp³-hybridized carbons (Fsp3) is 0.700. The lowest BCUT2D eigenvalue weighted by atomic mass is 9.98. The zero-order valence-corrected chi connectivity index (χ0v) is 12.1. The van der Waals surface area contributed by atoms with Gasteiger partial charge in [0.2, 0.25) is 0 Å². The lowest BCUT2D eigenvalue weighted by Crippen LogP contribution is -2.18. The summed E-state index contributed by atoms with van der Waals surface area (Å²) in [5.41, 5.74) is 0. The molecular weight excluding hydrogens is 292 g/mol. The van der Waals surface area contributed by atoms with E-state index in [1.165, 1.54) is 12.5 Å². The molecule has 1 unspecified atom stereocenters. The van der Waals surface area contributed by atoms with Gasteiger partial charge in [0.25, 0.3) is 0 Å². The number of sulfone groups is 1. The van der Waals surface area contributed by atoms with E-state index < -0.39 is 9.84 Å².